The normalized spacial score (nSPS) is 11.1. The summed E-state index contributed by atoms with van der Waals surface area (Å²) in [7, 11) is 0. The fraction of sp³-hybridized carbons (Fsp3) is 0.222. The topological polar surface area (TPSA) is 25.0 Å². The van der Waals surface area contributed by atoms with Crippen LogP contribution < -0.4 is 4.74 Å². The molecule has 0 saturated carbocycles. The van der Waals surface area contributed by atoms with Crippen LogP contribution in [-0.2, 0) is 6.42 Å². The molecule has 0 bridgehead atoms. The van der Waals surface area contributed by atoms with E-state index in [4.69, 9.17) is 4.74 Å². The van der Waals surface area contributed by atoms with Crippen molar-refractivity contribution in [2.45, 2.75) is 12.8 Å². The van der Waals surface area contributed by atoms with Crippen LogP contribution in [0.15, 0.2) is 49.1 Å². The number of aromatic nitrogens is 1. The third-order valence-corrected chi connectivity index (χ3v) is 4.19. The predicted octanol–water partition coefficient (Wildman–Crippen LogP) is 5.21. The van der Waals surface area contributed by atoms with Gasteiger partial charge in [0.15, 0.2) is 0 Å². The number of para-hydroxylation sites is 1. The first-order valence-corrected chi connectivity index (χ1v) is 8.29. The highest BCUT2D eigenvalue weighted by atomic mass is 79.9. The van der Waals surface area contributed by atoms with E-state index >= 15 is 0 Å². The zero-order valence-electron chi connectivity index (χ0n) is 11.9. The summed E-state index contributed by atoms with van der Waals surface area (Å²) in [5.74, 6) is 0.954. The van der Waals surface area contributed by atoms with Crippen molar-refractivity contribution in [2.24, 2.45) is 0 Å². The minimum atomic E-state index is 0.723. The average Bonchev–Trinajstić information content (AvgIpc) is 2.88. The maximum Gasteiger partial charge on any atom is 0.124 e. The first-order valence-electron chi connectivity index (χ1n) is 7.17. The Balaban J connectivity index is 2.14. The van der Waals surface area contributed by atoms with Gasteiger partial charge in [0.05, 0.1) is 12.1 Å². The van der Waals surface area contributed by atoms with Crippen LogP contribution >= 0.6 is 15.9 Å². The second kappa shape index (κ2) is 6.35. The molecule has 0 radical (unpaired) electrons. The third kappa shape index (κ3) is 2.70. The van der Waals surface area contributed by atoms with Crippen LogP contribution in [0.5, 0.6) is 5.75 Å². The number of rotatable bonds is 6. The molecule has 1 N–H and O–H groups in total. The van der Waals surface area contributed by atoms with E-state index in [0.717, 1.165) is 41.6 Å². The van der Waals surface area contributed by atoms with Crippen LogP contribution in [0.3, 0.4) is 0 Å². The minimum absolute atomic E-state index is 0.723. The quantitative estimate of drug-likeness (QED) is 0.370. The Morgan fingerprint density at radius 2 is 2.00 bits per heavy atom. The van der Waals surface area contributed by atoms with Crippen molar-refractivity contribution in [3.63, 3.8) is 0 Å². The Hall–Kier alpha value is -1.74. The van der Waals surface area contributed by atoms with Crippen LogP contribution in [0.25, 0.3) is 21.8 Å². The number of alkyl halides is 1. The van der Waals surface area contributed by atoms with Gasteiger partial charge in [-0.3, -0.25) is 0 Å². The van der Waals surface area contributed by atoms with Gasteiger partial charge >= 0.3 is 0 Å². The molecular formula is C18H18BrNO. The molecule has 1 heterocycles. The Morgan fingerprint density at radius 3 is 2.81 bits per heavy atom. The smallest absolute Gasteiger partial charge is 0.124 e. The van der Waals surface area contributed by atoms with Crippen molar-refractivity contribution in [3.05, 3.63) is 54.6 Å². The molecule has 21 heavy (non-hydrogen) atoms. The first kappa shape index (κ1) is 14.2. The van der Waals surface area contributed by atoms with E-state index in [1.807, 2.05) is 6.08 Å². The molecule has 0 amide bonds. The lowest BCUT2D eigenvalue weighted by Gasteiger charge is -2.11. The third-order valence-electron chi connectivity index (χ3n) is 3.63. The molecule has 0 atom stereocenters. The van der Waals surface area contributed by atoms with Gasteiger partial charge in [0, 0.05) is 27.2 Å². The first-order chi connectivity index (χ1) is 10.3. The van der Waals surface area contributed by atoms with Gasteiger partial charge < -0.3 is 9.72 Å². The summed E-state index contributed by atoms with van der Waals surface area (Å²) in [6.07, 6.45) is 3.73. The summed E-state index contributed by atoms with van der Waals surface area (Å²) < 4.78 is 5.94. The number of allylic oxidation sites excluding steroid dienone is 1. The van der Waals surface area contributed by atoms with E-state index in [1.165, 1.54) is 16.3 Å². The number of fused-ring (bicyclic) bond motifs is 3. The van der Waals surface area contributed by atoms with E-state index in [-0.39, 0.29) is 0 Å². The Kier molecular flexibility index (Phi) is 4.30. The number of nitrogens with one attached hydrogen (secondary N) is 1. The molecule has 3 rings (SSSR count). The van der Waals surface area contributed by atoms with Gasteiger partial charge in [-0.1, -0.05) is 40.2 Å². The molecule has 0 unspecified atom stereocenters. The van der Waals surface area contributed by atoms with E-state index in [0.29, 0.717) is 0 Å². The minimum Gasteiger partial charge on any atom is -0.493 e. The molecule has 0 spiro atoms. The highest BCUT2D eigenvalue weighted by Gasteiger charge is 2.12. The molecule has 0 aliphatic heterocycles. The highest BCUT2D eigenvalue weighted by molar-refractivity contribution is 9.09. The summed E-state index contributed by atoms with van der Waals surface area (Å²) in [6.45, 7) is 4.60. The summed E-state index contributed by atoms with van der Waals surface area (Å²) in [5, 5.41) is 3.46. The summed E-state index contributed by atoms with van der Waals surface area (Å²) in [5.41, 5.74) is 3.51. The molecule has 108 valence electrons. The molecule has 0 aliphatic rings. The van der Waals surface area contributed by atoms with Crippen LogP contribution in [-0.4, -0.2) is 16.9 Å². The predicted molar refractivity (Wildman–Crippen MR) is 93.6 cm³/mol. The van der Waals surface area contributed by atoms with Crippen molar-refractivity contribution in [2.75, 3.05) is 11.9 Å². The molecule has 2 aromatic carbocycles. The Morgan fingerprint density at radius 1 is 1.14 bits per heavy atom. The molecular weight excluding hydrogens is 326 g/mol. The molecule has 2 nitrogen and oxygen atoms in total. The highest BCUT2D eigenvalue weighted by Crippen LogP contribution is 2.33. The maximum absolute atomic E-state index is 5.94. The van der Waals surface area contributed by atoms with E-state index < -0.39 is 0 Å². The maximum atomic E-state index is 5.94. The van der Waals surface area contributed by atoms with Gasteiger partial charge in [-0.2, -0.15) is 0 Å². The van der Waals surface area contributed by atoms with Crippen LogP contribution in [0.1, 0.15) is 12.0 Å². The summed E-state index contributed by atoms with van der Waals surface area (Å²) >= 11 is 3.43. The lowest BCUT2D eigenvalue weighted by molar-refractivity contribution is 0.317. The van der Waals surface area contributed by atoms with Gasteiger partial charge in [-0.05, 0) is 31.0 Å². The van der Waals surface area contributed by atoms with Gasteiger partial charge in [0.2, 0.25) is 0 Å². The van der Waals surface area contributed by atoms with Crippen LogP contribution in [0, 0.1) is 0 Å². The monoisotopic (exact) mass is 343 g/mol. The largest absolute Gasteiger partial charge is 0.493 e. The van der Waals surface area contributed by atoms with Crippen molar-refractivity contribution in [3.8, 4) is 5.75 Å². The SMILES string of the molecule is C=CCc1c(OCCCBr)ccc2c1[nH]c1ccccc12. The summed E-state index contributed by atoms with van der Waals surface area (Å²) in [4.78, 5) is 3.53. The molecule has 0 saturated heterocycles. The second-order valence-electron chi connectivity index (χ2n) is 5.02. The fourth-order valence-corrected chi connectivity index (χ4v) is 2.91. The Bertz CT molecular complexity index is 775. The van der Waals surface area contributed by atoms with Gasteiger partial charge in [0.25, 0.3) is 0 Å². The molecule has 0 aliphatic carbocycles. The molecule has 3 heteroatoms. The molecule has 3 aromatic rings. The van der Waals surface area contributed by atoms with Crippen LogP contribution in [0.4, 0.5) is 0 Å². The zero-order chi connectivity index (χ0) is 14.7. The fourth-order valence-electron chi connectivity index (χ4n) is 2.68. The van der Waals surface area contributed by atoms with Crippen LogP contribution in [0.2, 0.25) is 0 Å². The van der Waals surface area contributed by atoms with E-state index in [1.54, 1.807) is 0 Å². The Labute approximate surface area is 132 Å². The standard InChI is InChI=1S/C18H18BrNO/c1-2-6-15-17(21-12-5-11-19)10-9-14-13-7-3-4-8-16(13)20-18(14)15/h2-4,7-10,20H,1,5-6,11-12H2. The number of hydrogen-bond acceptors (Lipinski definition) is 1. The average molecular weight is 344 g/mol. The van der Waals surface area contributed by atoms with Gasteiger partial charge in [-0.15, -0.1) is 6.58 Å². The number of halogens is 1. The van der Waals surface area contributed by atoms with E-state index in [2.05, 4.69) is 63.9 Å². The molecule has 1 aromatic heterocycles. The number of ether oxygens (including phenoxy) is 1. The molecule has 0 fully saturated rings. The van der Waals surface area contributed by atoms with Crippen molar-refractivity contribution < 1.29 is 4.74 Å². The lowest BCUT2D eigenvalue weighted by atomic mass is 10.1. The van der Waals surface area contributed by atoms with Gasteiger partial charge in [0.1, 0.15) is 5.75 Å². The lowest BCUT2D eigenvalue weighted by Crippen LogP contribution is -2.01. The van der Waals surface area contributed by atoms with Crippen molar-refractivity contribution in [1.29, 1.82) is 0 Å². The number of H-pyrrole nitrogens is 1. The number of benzene rings is 2. The van der Waals surface area contributed by atoms with Crippen molar-refractivity contribution in [1.82, 2.24) is 4.98 Å². The number of aromatic amines is 1. The second-order valence-corrected chi connectivity index (χ2v) is 5.81. The van der Waals surface area contributed by atoms with Gasteiger partial charge in [-0.25, -0.2) is 0 Å². The van der Waals surface area contributed by atoms with E-state index in [9.17, 15) is 0 Å². The summed E-state index contributed by atoms with van der Waals surface area (Å²) in [6, 6.07) is 12.6. The zero-order valence-corrected chi connectivity index (χ0v) is 13.4. The van der Waals surface area contributed by atoms with Crippen molar-refractivity contribution >= 4 is 37.7 Å². The number of hydrogen-bond donors (Lipinski definition) is 1.